The predicted molar refractivity (Wildman–Crippen MR) is 91.7 cm³/mol. The van der Waals surface area contributed by atoms with E-state index in [-0.39, 0.29) is 65.7 Å². The molecule has 0 radical (unpaired) electrons. The van der Waals surface area contributed by atoms with Gasteiger partial charge in [-0.15, -0.1) is 0 Å². The number of rotatable bonds is 5. The van der Waals surface area contributed by atoms with Gasteiger partial charge in [0.1, 0.15) is 10.7 Å². The molecule has 0 spiro atoms. The van der Waals surface area contributed by atoms with Gasteiger partial charge in [0, 0.05) is 39.0 Å². The van der Waals surface area contributed by atoms with E-state index in [2.05, 4.69) is 0 Å². The van der Waals surface area contributed by atoms with Crippen LogP contribution in [-0.2, 0) is 19.6 Å². The topological polar surface area (TPSA) is 74.8 Å². The van der Waals surface area contributed by atoms with Crippen molar-refractivity contribution in [2.24, 2.45) is 0 Å². The molecule has 0 atom stereocenters. The molecule has 0 unspecified atom stereocenters. The van der Waals surface area contributed by atoms with Crippen molar-refractivity contribution >= 4 is 44.9 Å². The lowest BCUT2D eigenvalue weighted by molar-refractivity contribution is -0.134. The molecular weight excluding hydrogens is 375 g/mol. The Hall–Kier alpha value is -1.15. The summed E-state index contributed by atoms with van der Waals surface area (Å²) < 4.78 is 26.7. The largest absolute Gasteiger partial charge is 0.340 e. The zero-order chi connectivity index (χ0) is 17.9. The predicted octanol–water partition coefficient (Wildman–Crippen LogP) is 2.20. The van der Waals surface area contributed by atoms with Gasteiger partial charge in [0.05, 0.1) is 10.0 Å². The quantitative estimate of drug-likeness (QED) is 0.769. The van der Waals surface area contributed by atoms with Gasteiger partial charge in [0.25, 0.3) is 0 Å². The molecule has 0 N–H and O–H groups in total. The van der Waals surface area contributed by atoms with Crippen LogP contribution in [0, 0.1) is 0 Å². The minimum Gasteiger partial charge on any atom is -0.340 e. The summed E-state index contributed by atoms with van der Waals surface area (Å²) in [7, 11) is -3.82. The van der Waals surface area contributed by atoms with E-state index in [9.17, 15) is 18.0 Å². The second-order valence-electron chi connectivity index (χ2n) is 5.54. The van der Waals surface area contributed by atoms with Crippen LogP contribution < -0.4 is 0 Å². The molecular formula is C15H18Cl2N2O4S. The number of carbonyl (C=O) groups is 2. The molecule has 1 saturated heterocycles. The Kier molecular flexibility index (Phi) is 6.25. The summed E-state index contributed by atoms with van der Waals surface area (Å²) in [6.07, 6.45) is 0.352. The number of ketones is 1. The third kappa shape index (κ3) is 4.27. The first kappa shape index (κ1) is 19.2. The smallest absolute Gasteiger partial charge is 0.246 e. The third-order valence-corrected chi connectivity index (χ3v) is 6.65. The lowest BCUT2D eigenvalue weighted by Gasteiger charge is -2.34. The Balaban J connectivity index is 2.06. The average molecular weight is 393 g/mol. The van der Waals surface area contributed by atoms with Crippen LogP contribution in [0.2, 0.25) is 10.0 Å². The van der Waals surface area contributed by atoms with Crippen LogP contribution in [0.15, 0.2) is 23.1 Å². The van der Waals surface area contributed by atoms with Crippen LogP contribution in [-0.4, -0.2) is 55.5 Å². The zero-order valence-electron chi connectivity index (χ0n) is 13.2. The molecule has 1 aromatic rings. The monoisotopic (exact) mass is 392 g/mol. The minimum atomic E-state index is -3.82. The van der Waals surface area contributed by atoms with E-state index in [0.717, 1.165) is 0 Å². The van der Waals surface area contributed by atoms with Gasteiger partial charge < -0.3 is 9.69 Å². The molecule has 1 amide bonds. The van der Waals surface area contributed by atoms with Crippen molar-refractivity contribution in [1.29, 1.82) is 0 Å². The van der Waals surface area contributed by atoms with Crippen molar-refractivity contribution in [2.45, 2.75) is 24.7 Å². The Morgan fingerprint density at radius 1 is 1.04 bits per heavy atom. The fourth-order valence-electron chi connectivity index (χ4n) is 2.48. The van der Waals surface area contributed by atoms with Crippen molar-refractivity contribution in [3.8, 4) is 0 Å². The Bertz CT molecular complexity index is 724. The SMILES string of the molecule is CC(=O)CCC(=O)N1CCN(S(=O)(=O)c2c(Cl)cccc2Cl)CC1. The van der Waals surface area contributed by atoms with Gasteiger partial charge in [-0.05, 0) is 19.1 Å². The van der Waals surface area contributed by atoms with E-state index in [1.54, 1.807) is 11.0 Å². The molecule has 132 valence electrons. The highest BCUT2D eigenvalue weighted by molar-refractivity contribution is 7.89. The Labute approximate surface area is 151 Å². The van der Waals surface area contributed by atoms with E-state index < -0.39 is 10.0 Å². The number of hydrogen-bond donors (Lipinski definition) is 0. The summed E-state index contributed by atoms with van der Waals surface area (Å²) in [5.41, 5.74) is 0. The Morgan fingerprint density at radius 3 is 2.08 bits per heavy atom. The first-order chi connectivity index (χ1) is 11.2. The lowest BCUT2D eigenvalue weighted by Crippen LogP contribution is -2.50. The summed E-state index contributed by atoms with van der Waals surface area (Å²) in [5, 5.41) is 0.143. The molecule has 0 saturated carbocycles. The van der Waals surface area contributed by atoms with Crippen molar-refractivity contribution < 1.29 is 18.0 Å². The van der Waals surface area contributed by atoms with Crippen LogP contribution in [0.3, 0.4) is 0 Å². The fourth-order valence-corrected chi connectivity index (χ4v) is 4.99. The van der Waals surface area contributed by atoms with E-state index in [0.29, 0.717) is 0 Å². The molecule has 0 aromatic heterocycles. The van der Waals surface area contributed by atoms with E-state index in [4.69, 9.17) is 23.2 Å². The first-order valence-electron chi connectivity index (χ1n) is 7.45. The van der Waals surface area contributed by atoms with Gasteiger partial charge in [-0.2, -0.15) is 4.31 Å². The van der Waals surface area contributed by atoms with Crippen molar-refractivity contribution in [2.75, 3.05) is 26.2 Å². The number of Topliss-reactive ketones (excluding diaryl/α,β-unsaturated/α-hetero) is 1. The fraction of sp³-hybridized carbons (Fsp3) is 0.467. The zero-order valence-corrected chi connectivity index (χ0v) is 15.5. The molecule has 6 nitrogen and oxygen atoms in total. The molecule has 1 fully saturated rings. The van der Waals surface area contributed by atoms with Gasteiger partial charge in [-0.1, -0.05) is 29.3 Å². The van der Waals surface area contributed by atoms with Gasteiger partial charge in [0.2, 0.25) is 15.9 Å². The number of halogens is 2. The molecule has 1 heterocycles. The van der Waals surface area contributed by atoms with Crippen LogP contribution in [0.25, 0.3) is 0 Å². The Morgan fingerprint density at radius 2 is 1.58 bits per heavy atom. The summed E-state index contributed by atoms with van der Waals surface area (Å²) in [4.78, 5) is 24.4. The van der Waals surface area contributed by atoms with E-state index >= 15 is 0 Å². The minimum absolute atomic E-state index is 0.0436. The first-order valence-corrected chi connectivity index (χ1v) is 9.64. The highest BCUT2D eigenvalue weighted by atomic mass is 35.5. The van der Waals surface area contributed by atoms with Gasteiger partial charge in [-0.3, -0.25) is 4.79 Å². The van der Waals surface area contributed by atoms with Crippen LogP contribution in [0.4, 0.5) is 0 Å². The van der Waals surface area contributed by atoms with Crippen LogP contribution in [0.5, 0.6) is 0 Å². The van der Waals surface area contributed by atoms with Crippen LogP contribution in [0.1, 0.15) is 19.8 Å². The summed E-state index contributed by atoms with van der Waals surface area (Å²) in [5.74, 6) is -0.184. The van der Waals surface area contributed by atoms with Gasteiger partial charge in [-0.25, -0.2) is 8.42 Å². The molecule has 9 heteroatoms. The summed E-state index contributed by atoms with van der Waals surface area (Å²) in [6, 6.07) is 4.53. The number of hydrogen-bond acceptors (Lipinski definition) is 4. The molecule has 0 aliphatic carbocycles. The molecule has 0 bridgehead atoms. The van der Waals surface area contributed by atoms with Crippen molar-refractivity contribution in [1.82, 2.24) is 9.21 Å². The molecule has 1 aliphatic heterocycles. The van der Waals surface area contributed by atoms with Crippen LogP contribution >= 0.6 is 23.2 Å². The normalized spacial score (nSPS) is 16.2. The number of benzene rings is 1. The maximum Gasteiger partial charge on any atom is 0.246 e. The third-order valence-electron chi connectivity index (χ3n) is 3.80. The number of carbonyl (C=O) groups excluding carboxylic acids is 2. The molecule has 1 aliphatic rings. The van der Waals surface area contributed by atoms with E-state index in [1.165, 1.54) is 23.4 Å². The number of amides is 1. The number of sulfonamides is 1. The molecule has 1 aromatic carbocycles. The maximum atomic E-state index is 12.7. The lowest BCUT2D eigenvalue weighted by atomic mass is 10.2. The second kappa shape index (κ2) is 7.82. The highest BCUT2D eigenvalue weighted by Gasteiger charge is 2.32. The average Bonchev–Trinajstić information content (AvgIpc) is 2.52. The second-order valence-corrected chi connectivity index (χ2v) is 8.23. The number of piperazine rings is 1. The summed E-state index contributed by atoms with van der Waals surface area (Å²) >= 11 is 12.0. The molecule has 24 heavy (non-hydrogen) atoms. The van der Waals surface area contributed by atoms with Crippen molar-refractivity contribution in [3.63, 3.8) is 0 Å². The maximum absolute atomic E-state index is 12.7. The molecule has 2 rings (SSSR count). The van der Waals surface area contributed by atoms with Gasteiger partial charge in [0.15, 0.2) is 0 Å². The summed E-state index contributed by atoms with van der Waals surface area (Å²) in [6.45, 7) is 2.31. The van der Waals surface area contributed by atoms with Gasteiger partial charge >= 0.3 is 0 Å². The highest BCUT2D eigenvalue weighted by Crippen LogP contribution is 2.31. The van der Waals surface area contributed by atoms with E-state index in [1.807, 2.05) is 0 Å². The standard InChI is InChI=1S/C15H18Cl2N2O4S/c1-11(20)5-6-14(21)18-7-9-19(10-8-18)24(22,23)15-12(16)3-2-4-13(15)17/h2-4H,5-10H2,1H3. The van der Waals surface area contributed by atoms with Crippen molar-refractivity contribution in [3.05, 3.63) is 28.2 Å². The number of nitrogens with zero attached hydrogens (tertiary/aromatic N) is 2.